The number of thioether (sulfide) groups is 1. The molecule has 0 spiro atoms. The van der Waals surface area contributed by atoms with E-state index in [1.165, 1.54) is 25.1 Å². The van der Waals surface area contributed by atoms with Crippen LogP contribution in [0.2, 0.25) is 0 Å². The Kier molecular flexibility index (Phi) is 7.90. The van der Waals surface area contributed by atoms with Crippen molar-refractivity contribution in [2.24, 2.45) is 15.9 Å². The van der Waals surface area contributed by atoms with E-state index in [2.05, 4.69) is 31.0 Å². The zero-order chi connectivity index (χ0) is 24.4. The number of hydrogen-bond donors (Lipinski definition) is 2. The van der Waals surface area contributed by atoms with Gasteiger partial charge in [0.2, 0.25) is 0 Å². The van der Waals surface area contributed by atoms with Crippen LogP contribution in [0.4, 0.5) is 13.2 Å². The molecule has 1 aromatic heterocycles. The number of nitrogens with two attached hydrogens (primary N) is 1. The third-order valence-corrected chi connectivity index (χ3v) is 6.93. The van der Waals surface area contributed by atoms with E-state index in [0.717, 1.165) is 21.5 Å². The van der Waals surface area contributed by atoms with E-state index in [4.69, 9.17) is 20.1 Å². The Balaban J connectivity index is 1.64. The molecular weight excluding hydrogens is 541 g/mol. The van der Waals surface area contributed by atoms with E-state index in [9.17, 15) is 18.3 Å². The molecule has 13 heteroatoms. The summed E-state index contributed by atoms with van der Waals surface area (Å²) < 4.78 is 59.1. The van der Waals surface area contributed by atoms with Crippen molar-refractivity contribution in [3.8, 4) is 0 Å². The van der Waals surface area contributed by atoms with Gasteiger partial charge in [0, 0.05) is 40.6 Å². The average molecular weight is 561 g/mol. The fourth-order valence-electron chi connectivity index (χ4n) is 3.81. The van der Waals surface area contributed by atoms with Crippen LogP contribution in [0.25, 0.3) is 0 Å². The number of fused-ring (bicyclic) bond motifs is 1. The molecule has 4 unspecified atom stereocenters. The molecule has 0 aliphatic carbocycles. The van der Waals surface area contributed by atoms with E-state index in [-0.39, 0.29) is 17.9 Å². The maximum atomic E-state index is 13.7. The molecule has 3 heterocycles. The van der Waals surface area contributed by atoms with Crippen LogP contribution in [0.5, 0.6) is 0 Å². The van der Waals surface area contributed by atoms with E-state index in [0.29, 0.717) is 0 Å². The maximum Gasteiger partial charge on any atom is 0.194 e. The first-order valence-electron chi connectivity index (χ1n) is 10.0. The fraction of sp³-hybridized carbons (Fsp3) is 0.381. The lowest BCUT2D eigenvalue weighted by molar-refractivity contribution is -0.150. The van der Waals surface area contributed by atoms with Crippen LogP contribution in [0.15, 0.2) is 50.1 Å². The van der Waals surface area contributed by atoms with Crippen molar-refractivity contribution in [2.75, 3.05) is 13.7 Å². The molecule has 0 radical (unpaired) electrons. The number of ether oxygens (including phenoxy) is 3. The summed E-state index contributed by atoms with van der Waals surface area (Å²) in [6.07, 6.45) is 1.64. The summed E-state index contributed by atoms with van der Waals surface area (Å²) in [4.78, 5) is 9.43. The van der Waals surface area contributed by atoms with Gasteiger partial charge in [-0.15, -0.1) is 0 Å². The number of aliphatic imine (C=N–C) groups is 1. The fourth-order valence-corrected chi connectivity index (χ4v) is 5.50. The highest BCUT2D eigenvalue weighted by Gasteiger charge is 2.53. The molecule has 3 N–H and O–H groups in total. The van der Waals surface area contributed by atoms with Crippen molar-refractivity contribution < 1.29 is 32.5 Å². The normalized spacial score (nSPS) is 29.5. The Labute approximate surface area is 205 Å². The minimum atomic E-state index is -1.60. The third kappa shape index (κ3) is 5.14. The maximum absolute atomic E-state index is 13.7. The molecule has 4 rings (SSSR count). The van der Waals surface area contributed by atoms with Crippen LogP contribution in [0.1, 0.15) is 5.56 Å². The van der Waals surface area contributed by atoms with Crippen LogP contribution in [0.3, 0.4) is 0 Å². The molecule has 2 aliphatic heterocycles. The van der Waals surface area contributed by atoms with E-state index in [1.807, 2.05) is 6.07 Å². The quantitative estimate of drug-likeness (QED) is 0.242. The molecule has 2 aliphatic rings. The lowest BCUT2D eigenvalue weighted by Crippen LogP contribution is -2.57. The lowest BCUT2D eigenvalue weighted by atomic mass is 9.96. The van der Waals surface area contributed by atoms with Gasteiger partial charge in [-0.2, -0.15) is 5.10 Å². The van der Waals surface area contributed by atoms with Crippen molar-refractivity contribution in [1.82, 2.24) is 4.98 Å². The Bertz CT molecular complexity index is 1090. The van der Waals surface area contributed by atoms with Crippen molar-refractivity contribution in [3.05, 3.63) is 58.1 Å². The van der Waals surface area contributed by atoms with Gasteiger partial charge in [0.05, 0.1) is 6.61 Å². The van der Waals surface area contributed by atoms with Gasteiger partial charge in [0.15, 0.2) is 17.5 Å². The van der Waals surface area contributed by atoms with Crippen LogP contribution >= 0.6 is 27.7 Å². The summed E-state index contributed by atoms with van der Waals surface area (Å²) >= 11 is 4.71. The van der Waals surface area contributed by atoms with Gasteiger partial charge in [-0.05, 0) is 34.1 Å². The second kappa shape index (κ2) is 10.7. The summed E-state index contributed by atoms with van der Waals surface area (Å²) in [5.41, 5.74) is -0.784. The highest BCUT2D eigenvalue weighted by atomic mass is 79.9. The highest BCUT2D eigenvalue weighted by molar-refractivity contribution is 9.10. The van der Waals surface area contributed by atoms with Gasteiger partial charge in [-0.25, -0.2) is 13.2 Å². The number of aromatic nitrogens is 1. The minimum absolute atomic E-state index is 0.0415. The zero-order valence-corrected chi connectivity index (χ0v) is 20.0. The SMILES string of the molecule is COC1C(N=C/C(=N\N)c2cc(F)c(F)c(F)c2)[C@H]2OCC(O)C2O[C@@H]1Sc1cncc(Br)c1. The molecule has 0 bridgehead atoms. The Morgan fingerprint density at radius 3 is 2.65 bits per heavy atom. The van der Waals surface area contributed by atoms with Crippen LogP contribution in [-0.4, -0.2) is 71.6 Å². The first kappa shape index (κ1) is 25.1. The predicted molar refractivity (Wildman–Crippen MR) is 122 cm³/mol. The number of hydrogen-bond acceptors (Lipinski definition) is 9. The molecule has 34 heavy (non-hydrogen) atoms. The van der Waals surface area contributed by atoms with Gasteiger partial charge in [-0.3, -0.25) is 9.98 Å². The topological polar surface area (TPSA) is 112 Å². The number of halogens is 4. The summed E-state index contributed by atoms with van der Waals surface area (Å²) in [7, 11) is 1.48. The number of rotatable bonds is 6. The minimum Gasteiger partial charge on any atom is -0.388 e. The first-order chi connectivity index (χ1) is 16.3. The van der Waals surface area contributed by atoms with Crippen molar-refractivity contribution in [2.45, 2.75) is 40.8 Å². The van der Waals surface area contributed by atoms with Crippen molar-refractivity contribution in [1.29, 1.82) is 0 Å². The monoisotopic (exact) mass is 560 g/mol. The van der Waals surface area contributed by atoms with Crippen molar-refractivity contribution in [3.63, 3.8) is 0 Å². The Morgan fingerprint density at radius 2 is 2.00 bits per heavy atom. The third-order valence-electron chi connectivity index (χ3n) is 5.39. The Morgan fingerprint density at radius 1 is 1.26 bits per heavy atom. The lowest BCUT2D eigenvalue weighted by Gasteiger charge is -2.41. The molecule has 0 amide bonds. The van der Waals surface area contributed by atoms with Crippen molar-refractivity contribution >= 4 is 39.6 Å². The molecule has 0 saturated carbocycles. The van der Waals surface area contributed by atoms with Crippen LogP contribution in [-0.2, 0) is 14.2 Å². The number of methoxy groups -OCH3 is 1. The number of aliphatic hydroxyl groups is 1. The Hall–Kier alpha value is -2.03. The summed E-state index contributed by atoms with van der Waals surface area (Å²) in [5.74, 6) is 1.05. The number of pyridine rings is 1. The van der Waals surface area contributed by atoms with Gasteiger partial charge in [0.1, 0.15) is 41.6 Å². The smallest absolute Gasteiger partial charge is 0.194 e. The summed E-state index contributed by atoms with van der Waals surface area (Å²) in [6, 6.07) is 2.71. The molecular formula is C21H20BrF3N4O4S. The second-order valence-electron chi connectivity index (χ2n) is 7.53. The predicted octanol–water partition coefficient (Wildman–Crippen LogP) is 2.66. The summed E-state index contributed by atoms with van der Waals surface area (Å²) in [6.45, 7) is 0.0415. The molecule has 2 fully saturated rings. The molecule has 2 saturated heterocycles. The first-order valence-corrected chi connectivity index (χ1v) is 11.7. The van der Waals surface area contributed by atoms with E-state index >= 15 is 0 Å². The standard InChI is InChI=1S/C21H20BrF3N4O4S/c1-31-20-17(28-7-14(29-26)9-2-12(23)16(25)13(24)3-9)19-18(15(30)8-32-19)33-21(20)34-11-4-10(22)5-27-6-11/h2-7,15,17-21,30H,8,26H2,1H3/b28-7?,29-14+/t15?,17?,18?,19-,20?,21-/m1/s1. The van der Waals surface area contributed by atoms with E-state index in [1.54, 1.807) is 12.4 Å². The number of nitrogens with zero attached hydrogens (tertiary/aromatic N) is 3. The molecule has 1 aromatic carbocycles. The zero-order valence-electron chi connectivity index (χ0n) is 17.6. The van der Waals surface area contributed by atoms with Gasteiger partial charge in [0.25, 0.3) is 0 Å². The average Bonchev–Trinajstić information content (AvgIpc) is 3.18. The molecule has 6 atom stereocenters. The molecule has 182 valence electrons. The second-order valence-corrected chi connectivity index (χ2v) is 9.62. The van der Waals surface area contributed by atoms with Gasteiger partial charge >= 0.3 is 0 Å². The highest BCUT2D eigenvalue weighted by Crippen LogP contribution is 2.40. The largest absolute Gasteiger partial charge is 0.388 e. The number of aliphatic hydroxyl groups excluding tert-OH is 1. The van der Waals surface area contributed by atoms with Crippen LogP contribution < -0.4 is 5.84 Å². The molecule has 2 aromatic rings. The number of hydrazone groups is 1. The number of benzene rings is 1. The summed E-state index contributed by atoms with van der Waals surface area (Å²) in [5, 5.41) is 13.9. The van der Waals surface area contributed by atoms with E-state index < -0.39 is 53.3 Å². The van der Waals surface area contributed by atoms with Gasteiger partial charge < -0.3 is 25.2 Å². The van der Waals surface area contributed by atoms with Gasteiger partial charge in [-0.1, -0.05) is 11.8 Å². The van der Waals surface area contributed by atoms with Crippen LogP contribution in [0, 0.1) is 17.5 Å². The molecule has 8 nitrogen and oxygen atoms in total.